The van der Waals surface area contributed by atoms with Crippen molar-refractivity contribution in [1.29, 1.82) is 0 Å². The molecule has 1 N–H and O–H groups in total. The van der Waals surface area contributed by atoms with Crippen LogP contribution in [0.4, 0.5) is 5.69 Å². The number of carbonyl (C=O) groups excluding carboxylic acids is 1. The van der Waals surface area contributed by atoms with Crippen molar-refractivity contribution >= 4 is 45.0 Å². The van der Waals surface area contributed by atoms with E-state index in [0.29, 0.717) is 11.4 Å². The molecule has 1 fully saturated rings. The number of amides is 1. The average Bonchev–Trinajstić information content (AvgIpc) is 2.89. The van der Waals surface area contributed by atoms with Crippen LogP contribution in [0.25, 0.3) is 0 Å². The molecule has 3 aromatic carbocycles. The van der Waals surface area contributed by atoms with Gasteiger partial charge in [-0.2, -0.15) is 4.31 Å². The van der Waals surface area contributed by atoms with Crippen molar-refractivity contribution in [3.63, 3.8) is 0 Å². The predicted molar refractivity (Wildman–Crippen MR) is 144 cm³/mol. The zero-order valence-corrected chi connectivity index (χ0v) is 22.4. The lowest BCUT2D eigenvalue weighted by atomic mass is 9.95. The molecule has 0 aliphatic heterocycles. The van der Waals surface area contributed by atoms with Crippen molar-refractivity contribution in [2.24, 2.45) is 0 Å². The van der Waals surface area contributed by atoms with Crippen LogP contribution in [0.3, 0.4) is 0 Å². The first-order valence-corrected chi connectivity index (χ1v) is 14.5. The highest BCUT2D eigenvalue weighted by Crippen LogP contribution is 2.34. The molecule has 190 valence electrons. The number of rotatable bonds is 9. The van der Waals surface area contributed by atoms with Crippen LogP contribution in [0.15, 0.2) is 87.5 Å². The minimum absolute atomic E-state index is 0.0479. The SMILES string of the molecule is COc1ccc(S(=O)(=O)N(CC(=O)Nc2ccccc2Sc2ccccc2)C2CCCCC2)cc1Cl. The van der Waals surface area contributed by atoms with Crippen LogP contribution < -0.4 is 10.1 Å². The van der Waals surface area contributed by atoms with E-state index in [2.05, 4.69) is 5.32 Å². The summed E-state index contributed by atoms with van der Waals surface area (Å²) in [5, 5.41) is 3.15. The molecular formula is C27H29ClN2O4S2. The molecule has 0 heterocycles. The highest BCUT2D eigenvalue weighted by Gasteiger charge is 2.34. The minimum Gasteiger partial charge on any atom is -0.495 e. The van der Waals surface area contributed by atoms with Crippen LogP contribution in [0, 0.1) is 0 Å². The number of halogens is 1. The molecule has 0 saturated heterocycles. The van der Waals surface area contributed by atoms with Gasteiger partial charge in [0.05, 0.1) is 29.3 Å². The number of hydrogen-bond donors (Lipinski definition) is 1. The molecule has 4 rings (SSSR count). The maximum atomic E-state index is 13.7. The van der Waals surface area contributed by atoms with Crippen molar-refractivity contribution in [2.45, 2.75) is 52.8 Å². The fourth-order valence-corrected chi connectivity index (χ4v) is 7.24. The normalized spacial score (nSPS) is 14.5. The van der Waals surface area contributed by atoms with Crippen molar-refractivity contribution in [3.8, 4) is 5.75 Å². The lowest BCUT2D eigenvalue weighted by Crippen LogP contribution is -2.45. The Kier molecular flexibility index (Phi) is 8.95. The van der Waals surface area contributed by atoms with E-state index in [-0.39, 0.29) is 28.4 Å². The summed E-state index contributed by atoms with van der Waals surface area (Å²) in [5.74, 6) is 0.00923. The van der Waals surface area contributed by atoms with E-state index in [1.807, 2.05) is 54.6 Å². The number of methoxy groups -OCH3 is 1. The standard InChI is InChI=1S/C27H29ClN2O4S2/c1-34-25-17-16-22(18-23(25)28)36(32,33)30(20-10-4-2-5-11-20)19-27(31)29-24-14-8-9-15-26(24)35-21-12-6-3-7-13-21/h3,6-9,12-18,20H,2,4-5,10-11,19H2,1H3,(H,29,31). The fourth-order valence-electron chi connectivity index (χ4n) is 4.33. The van der Waals surface area contributed by atoms with Gasteiger partial charge in [0.15, 0.2) is 0 Å². The number of carbonyl (C=O) groups is 1. The molecule has 1 aliphatic rings. The molecular weight excluding hydrogens is 516 g/mol. The van der Waals surface area contributed by atoms with Crippen molar-refractivity contribution < 1.29 is 17.9 Å². The summed E-state index contributed by atoms with van der Waals surface area (Å²) >= 11 is 7.77. The van der Waals surface area contributed by atoms with Crippen LogP contribution >= 0.6 is 23.4 Å². The maximum absolute atomic E-state index is 13.7. The Bertz CT molecular complexity index is 1300. The second-order valence-electron chi connectivity index (χ2n) is 8.60. The summed E-state index contributed by atoms with van der Waals surface area (Å²) in [4.78, 5) is 15.2. The number of ether oxygens (including phenoxy) is 1. The maximum Gasteiger partial charge on any atom is 0.243 e. The highest BCUT2D eigenvalue weighted by molar-refractivity contribution is 7.99. The number of nitrogens with zero attached hydrogens (tertiary/aromatic N) is 1. The monoisotopic (exact) mass is 544 g/mol. The van der Waals surface area contributed by atoms with E-state index in [0.717, 1.165) is 41.9 Å². The Morgan fingerprint density at radius 1 is 1.03 bits per heavy atom. The summed E-state index contributed by atoms with van der Waals surface area (Å²) in [5.41, 5.74) is 0.643. The average molecular weight is 545 g/mol. The molecule has 0 aromatic heterocycles. The van der Waals surface area contributed by atoms with E-state index >= 15 is 0 Å². The van der Waals surface area contributed by atoms with Crippen molar-refractivity contribution in [1.82, 2.24) is 4.31 Å². The van der Waals surface area contributed by atoms with Gasteiger partial charge in [-0.05, 0) is 55.3 Å². The molecule has 36 heavy (non-hydrogen) atoms. The third kappa shape index (κ3) is 6.42. The summed E-state index contributed by atoms with van der Waals surface area (Å²) in [7, 11) is -2.49. The molecule has 1 saturated carbocycles. The van der Waals surface area contributed by atoms with Crippen molar-refractivity contribution in [2.75, 3.05) is 19.0 Å². The highest BCUT2D eigenvalue weighted by atomic mass is 35.5. The van der Waals surface area contributed by atoms with E-state index in [1.165, 1.54) is 41.4 Å². The first-order chi connectivity index (χ1) is 17.4. The first-order valence-electron chi connectivity index (χ1n) is 11.9. The number of sulfonamides is 1. The molecule has 0 unspecified atom stereocenters. The number of anilines is 1. The quantitative estimate of drug-likeness (QED) is 0.334. The number of para-hydroxylation sites is 1. The van der Waals surface area contributed by atoms with Crippen molar-refractivity contribution in [3.05, 3.63) is 77.8 Å². The predicted octanol–water partition coefficient (Wildman–Crippen LogP) is 6.46. The number of benzene rings is 3. The van der Waals surface area contributed by atoms with Gasteiger partial charge in [0.2, 0.25) is 15.9 Å². The van der Waals surface area contributed by atoms with Gasteiger partial charge in [-0.25, -0.2) is 8.42 Å². The Labute approximate surface area is 222 Å². The van der Waals surface area contributed by atoms with Crippen LogP contribution in [0.5, 0.6) is 5.75 Å². The Hall–Kier alpha value is -2.52. The zero-order chi connectivity index (χ0) is 25.5. The summed E-state index contributed by atoms with van der Waals surface area (Å²) in [6, 6.07) is 21.5. The lowest BCUT2D eigenvalue weighted by molar-refractivity contribution is -0.116. The molecule has 3 aromatic rings. The minimum atomic E-state index is -3.97. The van der Waals surface area contributed by atoms with Gasteiger partial charge in [0.25, 0.3) is 0 Å². The molecule has 1 aliphatic carbocycles. The van der Waals surface area contributed by atoms with Gasteiger partial charge in [0, 0.05) is 15.8 Å². The van der Waals surface area contributed by atoms with Crippen LogP contribution in [0.1, 0.15) is 32.1 Å². The third-order valence-electron chi connectivity index (χ3n) is 6.14. The van der Waals surface area contributed by atoms with Gasteiger partial charge in [0.1, 0.15) is 5.75 Å². The second kappa shape index (κ2) is 12.1. The zero-order valence-electron chi connectivity index (χ0n) is 20.0. The van der Waals surface area contributed by atoms with Crippen LogP contribution in [-0.4, -0.2) is 38.3 Å². The Morgan fingerprint density at radius 3 is 2.42 bits per heavy atom. The van der Waals surface area contributed by atoms with Gasteiger partial charge in [-0.15, -0.1) is 0 Å². The molecule has 0 spiro atoms. The first kappa shape index (κ1) is 26.5. The Balaban J connectivity index is 1.57. The van der Waals surface area contributed by atoms with E-state index in [9.17, 15) is 13.2 Å². The van der Waals surface area contributed by atoms with Gasteiger partial charge in [-0.3, -0.25) is 4.79 Å². The van der Waals surface area contributed by atoms with E-state index in [4.69, 9.17) is 16.3 Å². The lowest BCUT2D eigenvalue weighted by Gasteiger charge is -2.33. The van der Waals surface area contributed by atoms with Gasteiger partial charge < -0.3 is 10.1 Å². The summed E-state index contributed by atoms with van der Waals surface area (Å²) in [6.45, 7) is -0.277. The molecule has 0 radical (unpaired) electrons. The Morgan fingerprint density at radius 2 is 1.72 bits per heavy atom. The number of nitrogens with one attached hydrogen (secondary N) is 1. The van der Waals surface area contributed by atoms with Gasteiger partial charge >= 0.3 is 0 Å². The molecule has 9 heteroatoms. The molecule has 0 bridgehead atoms. The topological polar surface area (TPSA) is 75.7 Å². The smallest absolute Gasteiger partial charge is 0.243 e. The van der Waals surface area contributed by atoms with Gasteiger partial charge in [-0.1, -0.05) is 73.0 Å². The third-order valence-corrected chi connectivity index (χ3v) is 9.42. The summed E-state index contributed by atoms with van der Waals surface area (Å²) in [6.07, 6.45) is 4.36. The van der Waals surface area contributed by atoms with Crippen LogP contribution in [-0.2, 0) is 14.8 Å². The molecule has 1 amide bonds. The van der Waals surface area contributed by atoms with E-state index < -0.39 is 10.0 Å². The van der Waals surface area contributed by atoms with Crippen LogP contribution in [0.2, 0.25) is 5.02 Å². The summed E-state index contributed by atoms with van der Waals surface area (Å²) < 4.78 is 34.0. The molecule has 6 nitrogen and oxygen atoms in total. The second-order valence-corrected chi connectivity index (χ2v) is 12.0. The molecule has 0 atom stereocenters. The fraction of sp³-hybridized carbons (Fsp3) is 0.296. The van der Waals surface area contributed by atoms with E-state index in [1.54, 1.807) is 0 Å². The number of hydrogen-bond acceptors (Lipinski definition) is 5. The largest absolute Gasteiger partial charge is 0.495 e.